The second-order valence-corrected chi connectivity index (χ2v) is 14.3. The van der Waals surface area contributed by atoms with Crippen LogP contribution in [0.1, 0.15) is 67.2 Å². The summed E-state index contributed by atoms with van der Waals surface area (Å²) in [6.07, 6.45) is 1.76. The third kappa shape index (κ3) is 8.45. The molecule has 2 saturated heterocycles. The molecule has 1 amide bonds. The maximum atomic E-state index is 14.1. The molecule has 12 nitrogen and oxygen atoms in total. The molecule has 14 heteroatoms. The number of hydrogen-bond donors (Lipinski definition) is 2. The zero-order chi connectivity index (χ0) is 36.1. The highest BCUT2D eigenvalue weighted by Crippen LogP contribution is 2.40. The van der Waals surface area contributed by atoms with Crippen LogP contribution in [0.5, 0.6) is 0 Å². The minimum Gasteiger partial charge on any atom is -0.457 e. The van der Waals surface area contributed by atoms with E-state index in [-0.39, 0.29) is 18.4 Å². The Kier molecular flexibility index (Phi) is 12.5. The molecule has 0 bridgehead atoms. The van der Waals surface area contributed by atoms with Gasteiger partial charge < -0.3 is 25.3 Å². The predicted octanol–water partition coefficient (Wildman–Crippen LogP) is 4.38. The van der Waals surface area contributed by atoms with E-state index in [0.717, 1.165) is 5.56 Å². The maximum Gasteiger partial charge on any atom is 0.410 e. The SMILES string of the molecule is [B][C@@H]1[C@@H](C)C(=O)[C@@H](C)C(=O)O[C@H](CCF)[C@@]2(C)OC(=O)N(CCCCn3cc(-c4cccc(N)c4)nn3)[C@@H]2[C@@H](C)NC[C@H](C)C[C@@]1(C)OC. The molecule has 268 valence electrons. The predicted molar refractivity (Wildman–Crippen MR) is 184 cm³/mol. The van der Waals surface area contributed by atoms with Gasteiger partial charge >= 0.3 is 12.1 Å². The molecule has 0 saturated carbocycles. The van der Waals surface area contributed by atoms with Gasteiger partial charge in [0.05, 0.1) is 32.4 Å². The maximum absolute atomic E-state index is 14.1. The van der Waals surface area contributed by atoms with Crippen molar-refractivity contribution in [3.05, 3.63) is 30.5 Å². The Labute approximate surface area is 290 Å². The van der Waals surface area contributed by atoms with Crippen molar-refractivity contribution < 1.29 is 33.0 Å². The van der Waals surface area contributed by atoms with Gasteiger partial charge in [0.2, 0.25) is 0 Å². The van der Waals surface area contributed by atoms with Crippen LogP contribution in [0.4, 0.5) is 14.9 Å². The molecule has 4 rings (SSSR count). The third-order valence-corrected chi connectivity index (χ3v) is 10.4. The summed E-state index contributed by atoms with van der Waals surface area (Å²) in [5.74, 6) is -3.74. The number of hydrogen-bond acceptors (Lipinski definition) is 10. The van der Waals surface area contributed by atoms with Crippen molar-refractivity contribution in [1.29, 1.82) is 0 Å². The monoisotopic (exact) mass is 682 g/mol. The standard InChI is InChI=1S/C35H52BFN6O6/c1-21-18-34(5,47-7)30(36)22(2)29(44)23(3)32(45)48-28(13-14-37)35(6)31(24(4)39-19-21)43(33(46)49-35)16-9-8-15-42-20-27(40-41-42)25-11-10-12-26(38)17-25/h10-12,17,20-24,28,30-31,39H,8-9,13-16,18-19,38H2,1-7H3/t21-,22+,23-,24-,28-,30-,31-,34-,35-/m1/s1. The van der Waals surface area contributed by atoms with E-state index in [1.165, 1.54) is 6.92 Å². The van der Waals surface area contributed by atoms with E-state index >= 15 is 0 Å². The normalized spacial score (nSPS) is 33.3. The first-order valence-electron chi connectivity index (χ1n) is 17.2. The fourth-order valence-corrected chi connectivity index (χ4v) is 7.42. The Bertz CT molecular complexity index is 1460. The molecule has 2 fully saturated rings. The van der Waals surface area contributed by atoms with E-state index < -0.39 is 65.5 Å². The molecule has 3 heterocycles. The topological polar surface area (TPSA) is 151 Å². The largest absolute Gasteiger partial charge is 0.457 e. The Morgan fingerprint density at radius 1 is 1.14 bits per heavy atom. The number of aromatic nitrogens is 3. The number of rotatable bonds is 9. The van der Waals surface area contributed by atoms with E-state index in [4.69, 9.17) is 27.8 Å². The number of nitrogens with two attached hydrogens (primary N) is 1. The average Bonchev–Trinajstić information content (AvgIpc) is 3.65. The molecule has 2 aliphatic rings. The van der Waals surface area contributed by atoms with Crippen molar-refractivity contribution in [2.24, 2.45) is 17.8 Å². The number of fused-ring (bicyclic) bond motifs is 1. The number of anilines is 1. The highest BCUT2D eigenvalue weighted by Gasteiger charge is 2.58. The molecule has 0 aliphatic carbocycles. The third-order valence-electron chi connectivity index (χ3n) is 10.4. The number of Topliss-reactive ketones (excluding diaryl/α,β-unsaturated/α-hetero) is 1. The smallest absolute Gasteiger partial charge is 0.410 e. The van der Waals surface area contributed by atoms with Gasteiger partial charge in [0.1, 0.15) is 23.5 Å². The zero-order valence-electron chi connectivity index (χ0n) is 29.9. The summed E-state index contributed by atoms with van der Waals surface area (Å²) in [4.78, 5) is 42.2. The number of nitrogens with zero attached hydrogens (tertiary/aromatic N) is 4. The highest BCUT2D eigenvalue weighted by atomic mass is 19.1. The summed E-state index contributed by atoms with van der Waals surface area (Å²) in [6, 6.07) is 6.46. The number of alkyl halides is 1. The van der Waals surface area contributed by atoms with Crippen molar-refractivity contribution in [2.45, 2.75) is 109 Å². The van der Waals surface area contributed by atoms with Crippen LogP contribution in [-0.4, -0.2) is 102 Å². The fraction of sp³-hybridized carbons (Fsp3) is 0.686. The van der Waals surface area contributed by atoms with E-state index in [0.29, 0.717) is 50.3 Å². The minimum absolute atomic E-state index is 0.0560. The van der Waals surface area contributed by atoms with Crippen LogP contribution in [0.2, 0.25) is 5.82 Å². The second kappa shape index (κ2) is 16.0. The number of ketones is 1. The minimum atomic E-state index is -1.40. The van der Waals surface area contributed by atoms with Gasteiger partial charge in [0.25, 0.3) is 0 Å². The molecule has 0 unspecified atom stereocenters. The Morgan fingerprint density at radius 3 is 2.53 bits per heavy atom. The number of carbonyl (C=O) groups is 3. The summed E-state index contributed by atoms with van der Waals surface area (Å²) in [5.41, 5.74) is 5.88. The van der Waals surface area contributed by atoms with Gasteiger partial charge in [0.15, 0.2) is 5.60 Å². The number of amides is 1. The van der Waals surface area contributed by atoms with Gasteiger partial charge in [-0.1, -0.05) is 31.2 Å². The van der Waals surface area contributed by atoms with Crippen LogP contribution in [0, 0.1) is 17.8 Å². The lowest BCUT2D eigenvalue weighted by atomic mass is 9.62. The second-order valence-electron chi connectivity index (χ2n) is 14.3. The van der Waals surface area contributed by atoms with Crippen molar-refractivity contribution in [1.82, 2.24) is 25.2 Å². The quantitative estimate of drug-likeness (QED) is 0.128. The molecular weight excluding hydrogens is 630 g/mol. The Morgan fingerprint density at radius 2 is 1.86 bits per heavy atom. The summed E-state index contributed by atoms with van der Waals surface area (Å²) in [6.45, 7) is 11.3. The van der Waals surface area contributed by atoms with Crippen LogP contribution in [0.3, 0.4) is 0 Å². The number of unbranched alkanes of at least 4 members (excludes halogenated alkanes) is 1. The van der Waals surface area contributed by atoms with Crippen molar-refractivity contribution in [3.63, 3.8) is 0 Å². The van der Waals surface area contributed by atoms with Gasteiger partial charge in [-0.15, -0.1) is 5.10 Å². The number of cyclic esters (lactones) is 1. The van der Waals surface area contributed by atoms with E-state index in [2.05, 4.69) is 22.6 Å². The molecule has 3 N–H and O–H groups in total. The van der Waals surface area contributed by atoms with Gasteiger partial charge in [0, 0.05) is 49.8 Å². The molecule has 2 aliphatic heterocycles. The molecule has 1 aromatic carbocycles. The average molecular weight is 683 g/mol. The van der Waals surface area contributed by atoms with Crippen molar-refractivity contribution in [3.8, 4) is 11.3 Å². The number of halogens is 1. The summed E-state index contributed by atoms with van der Waals surface area (Å²) < 4.78 is 33.6. The molecule has 0 spiro atoms. The van der Waals surface area contributed by atoms with Gasteiger partial charge in [-0.25, -0.2) is 4.79 Å². The lowest BCUT2D eigenvalue weighted by molar-refractivity contribution is -0.171. The zero-order valence-corrected chi connectivity index (χ0v) is 29.9. The number of ether oxygens (including phenoxy) is 3. The number of aryl methyl sites for hydroxylation is 1. The van der Waals surface area contributed by atoms with E-state index in [9.17, 15) is 18.8 Å². The Hall–Kier alpha value is -3.52. The van der Waals surface area contributed by atoms with Crippen LogP contribution >= 0.6 is 0 Å². The summed E-state index contributed by atoms with van der Waals surface area (Å²) >= 11 is 0. The van der Waals surface area contributed by atoms with Gasteiger partial charge in [-0.05, 0) is 77.4 Å². The molecular formula is C35H52BFN6O6. The van der Waals surface area contributed by atoms with Crippen LogP contribution in [-0.2, 0) is 30.3 Å². The number of benzene rings is 1. The number of carbonyl (C=O) groups excluding carboxylic acids is 3. The number of methoxy groups -OCH3 is 1. The first-order chi connectivity index (χ1) is 23.1. The molecule has 1 aromatic heterocycles. The number of nitrogen functional groups attached to an aromatic ring is 1. The number of esters is 1. The molecule has 2 radical (unpaired) electrons. The first kappa shape index (κ1) is 38.3. The van der Waals surface area contributed by atoms with Gasteiger partial charge in [-0.2, -0.15) is 0 Å². The van der Waals surface area contributed by atoms with Crippen LogP contribution in [0.25, 0.3) is 11.3 Å². The van der Waals surface area contributed by atoms with Crippen LogP contribution < -0.4 is 11.1 Å². The fourth-order valence-electron chi connectivity index (χ4n) is 7.42. The van der Waals surface area contributed by atoms with Crippen LogP contribution in [0.15, 0.2) is 30.5 Å². The molecule has 2 aromatic rings. The summed E-state index contributed by atoms with van der Waals surface area (Å²) in [7, 11) is 8.19. The van der Waals surface area contributed by atoms with Crippen molar-refractivity contribution >= 4 is 31.4 Å². The highest BCUT2D eigenvalue weighted by molar-refractivity contribution is 6.15. The van der Waals surface area contributed by atoms with Crippen molar-refractivity contribution in [2.75, 3.05) is 32.6 Å². The van der Waals surface area contributed by atoms with E-state index in [1.54, 1.807) is 30.5 Å². The number of nitrogens with one attached hydrogen (secondary N) is 1. The molecule has 9 atom stereocenters. The first-order valence-corrected chi connectivity index (χ1v) is 17.2. The molecule has 49 heavy (non-hydrogen) atoms. The summed E-state index contributed by atoms with van der Waals surface area (Å²) in [5, 5.41) is 12.1. The Balaban J connectivity index is 1.56. The lowest BCUT2D eigenvalue weighted by Gasteiger charge is -2.41. The lowest BCUT2D eigenvalue weighted by Crippen LogP contribution is -2.61. The van der Waals surface area contributed by atoms with E-state index in [1.807, 2.05) is 44.3 Å². The van der Waals surface area contributed by atoms with Gasteiger partial charge in [-0.3, -0.25) is 23.6 Å².